The van der Waals surface area contributed by atoms with Crippen LogP contribution in [-0.4, -0.2) is 17.0 Å². The fourth-order valence-corrected chi connectivity index (χ4v) is 8.09. The summed E-state index contributed by atoms with van der Waals surface area (Å²) in [6, 6.07) is 0. The zero-order chi connectivity index (χ0) is 18.0. The molecule has 2 heteroatoms. The van der Waals surface area contributed by atoms with Gasteiger partial charge >= 0.3 is 0 Å². The second-order valence-corrected chi connectivity index (χ2v) is 10.4. The van der Waals surface area contributed by atoms with Crippen molar-refractivity contribution in [3.63, 3.8) is 0 Å². The maximum absolute atomic E-state index is 13.1. The monoisotopic (exact) mass is 344 g/mol. The lowest BCUT2D eigenvalue weighted by Crippen LogP contribution is -2.57. The Morgan fingerprint density at radius 1 is 1.12 bits per heavy atom. The number of aliphatic hydroxyl groups excluding tert-OH is 1. The molecular weight excluding hydrogens is 308 g/mol. The topological polar surface area (TPSA) is 37.3 Å². The van der Waals surface area contributed by atoms with Crippen LogP contribution in [0.15, 0.2) is 12.7 Å². The van der Waals surface area contributed by atoms with Gasteiger partial charge in [0.1, 0.15) is 5.78 Å². The molecular formula is C23H36O2. The molecule has 0 aromatic rings. The van der Waals surface area contributed by atoms with Crippen LogP contribution in [0.5, 0.6) is 0 Å². The maximum atomic E-state index is 13.1. The number of allylic oxidation sites excluding steroid dienone is 1. The van der Waals surface area contributed by atoms with Crippen LogP contribution in [0.25, 0.3) is 0 Å². The van der Waals surface area contributed by atoms with E-state index in [4.69, 9.17) is 0 Å². The van der Waals surface area contributed by atoms with Gasteiger partial charge in [-0.15, -0.1) is 6.58 Å². The predicted octanol–water partition coefficient (Wildman–Crippen LogP) is 5.01. The van der Waals surface area contributed by atoms with Crippen molar-refractivity contribution in [1.82, 2.24) is 0 Å². The zero-order valence-electron chi connectivity index (χ0n) is 16.3. The number of hydrogen-bond donors (Lipinski definition) is 1. The van der Waals surface area contributed by atoms with E-state index in [-0.39, 0.29) is 17.4 Å². The minimum absolute atomic E-state index is 0.117. The smallest absolute Gasteiger partial charge is 0.136 e. The lowest BCUT2D eigenvalue weighted by molar-refractivity contribution is -0.159. The summed E-state index contributed by atoms with van der Waals surface area (Å²) in [7, 11) is 0. The SMILES string of the molecule is C=C[C@@H](C)[C@H]1CC[C@H]2[C@@H]3CC(=O)[C@H]4C[C@H](O)CC[C@]4(C)[C@H]3CC[C@]12C. The fraction of sp³-hybridized carbons (Fsp3) is 0.870. The lowest BCUT2D eigenvalue weighted by atomic mass is 9.44. The van der Waals surface area contributed by atoms with Crippen molar-refractivity contribution < 1.29 is 9.90 Å². The van der Waals surface area contributed by atoms with E-state index in [1.165, 1.54) is 25.7 Å². The standard InChI is InChI=1S/C23H36O2/c1-5-14(2)17-6-7-18-16-13-21(25)20-12-15(24)8-10-23(20,4)19(16)9-11-22(17,18)3/h5,14-20,24H,1,6-13H2,2-4H3/t14-,15-,16+,17-,18+,19+,20-,22-,23-/m1/s1. The van der Waals surface area contributed by atoms with Gasteiger partial charge < -0.3 is 5.11 Å². The number of carbonyl (C=O) groups excluding carboxylic acids is 1. The summed E-state index contributed by atoms with van der Waals surface area (Å²) >= 11 is 0. The molecule has 2 nitrogen and oxygen atoms in total. The first-order chi connectivity index (χ1) is 11.8. The van der Waals surface area contributed by atoms with E-state index < -0.39 is 0 Å². The predicted molar refractivity (Wildman–Crippen MR) is 101 cm³/mol. The molecule has 4 saturated carbocycles. The Bertz CT molecular complexity index is 568. The number of Topliss-reactive ketones (excluding diaryl/α,β-unsaturated/α-hetero) is 1. The van der Waals surface area contributed by atoms with Gasteiger partial charge in [-0.05, 0) is 85.4 Å². The van der Waals surface area contributed by atoms with Gasteiger partial charge in [-0.3, -0.25) is 4.79 Å². The first-order valence-electron chi connectivity index (χ1n) is 10.6. The van der Waals surface area contributed by atoms with Gasteiger partial charge in [-0.1, -0.05) is 26.8 Å². The van der Waals surface area contributed by atoms with Crippen molar-refractivity contribution >= 4 is 5.78 Å². The number of hydrogen-bond acceptors (Lipinski definition) is 2. The average Bonchev–Trinajstić information content (AvgIpc) is 2.93. The Balaban J connectivity index is 1.65. The van der Waals surface area contributed by atoms with Crippen LogP contribution in [0.4, 0.5) is 0 Å². The van der Waals surface area contributed by atoms with Crippen LogP contribution >= 0.6 is 0 Å². The Kier molecular flexibility index (Phi) is 4.22. The minimum Gasteiger partial charge on any atom is -0.393 e. The number of carbonyl (C=O) groups is 1. The van der Waals surface area contributed by atoms with Crippen LogP contribution in [0.3, 0.4) is 0 Å². The second-order valence-electron chi connectivity index (χ2n) is 10.4. The van der Waals surface area contributed by atoms with Crippen molar-refractivity contribution in [1.29, 1.82) is 0 Å². The van der Waals surface area contributed by atoms with Gasteiger partial charge in [0.2, 0.25) is 0 Å². The molecule has 4 fully saturated rings. The van der Waals surface area contributed by atoms with Gasteiger partial charge in [0.25, 0.3) is 0 Å². The second kappa shape index (κ2) is 5.94. The lowest BCUT2D eigenvalue weighted by Gasteiger charge is -2.60. The first kappa shape index (κ1) is 17.8. The van der Waals surface area contributed by atoms with Crippen LogP contribution < -0.4 is 0 Å². The molecule has 0 unspecified atom stereocenters. The van der Waals surface area contributed by atoms with E-state index in [0.717, 1.165) is 31.6 Å². The van der Waals surface area contributed by atoms with Gasteiger partial charge in [0.05, 0.1) is 6.10 Å². The van der Waals surface area contributed by atoms with Gasteiger partial charge in [0, 0.05) is 12.3 Å². The van der Waals surface area contributed by atoms with Gasteiger partial charge in [-0.25, -0.2) is 0 Å². The fourth-order valence-electron chi connectivity index (χ4n) is 8.09. The third kappa shape index (κ3) is 2.42. The molecule has 4 aliphatic carbocycles. The Hall–Kier alpha value is -0.630. The van der Waals surface area contributed by atoms with Crippen molar-refractivity contribution in [2.45, 2.75) is 78.2 Å². The van der Waals surface area contributed by atoms with Crippen molar-refractivity contribution in [2.75, 3.05) is 0 Å². The summed E-state index contributed by atoms with van der Waals surface area (Å²) in [4.78, 5) is 13.1. The van der Waals surface area contributed by atoms with Crippen LogP contribution in [0, 0.1) is 46.3 Å². The van der Waals surface area contributed by atoms with E-state index in [9.17, 15) is 9.90 Å². The summed E-state index contributed by atoms with van der Waals surface area (Å²) in [6.07, 6.45) is 10.6. The Labute approximate surface area is 153 Å². The van der Waals surface area contributed by atoms with E-state index in [1.54, 1.807) is 0 Å². The highest BCUT2D eigenvalue weighted by Crippen LogP contribution is 2.67. The largest absolute Gasteiger partial charge is 0.393 e. The average molecular weight is 345 g/mol. The normalized spacial score (nSPS) is 53.5. The van der Waals surface area contributed by atoms with Gasteiger partial charge in [0.15, 0.2) is 0 Å². The van der Waals surface area contributed by atoms with Gasteiger partial charge in [-0.2, -0.15) is 0 Å². The highest BCUT2D eigenvalue weighted by molar-refractivity contribution is 5.83. The van der Waals surface area contributed by atoms with E-state index in [2.05, 4.69) is 33.4 Å². The quantitative estimate of drug-likeness (QED) is 0.715. The van der Waals surface area contributed by atoms with Crippen molar-refractivity contribution in [3.8, 4) is 0 Å². The molecule has 0 amide bonds. The van der Waals surface area contributed by atoms with Crippen molar-refractivity contribution in [3.05, 3.63) is 12.7 Å². The molecule has 0 radical (unpaired) electrons. The molecule has 0 bridgehead atoms. The Morgan fingerprint density at radius 2 is 1.80 bits per heavy atom. The molecule has 4 aliphatic rings. The number of rotatable bonds is 2. The highest BCUT2D eigenvalue weighted by Gasteiger charge is 2.62. The van der Waals surface area contributed by atoms with Crippen LogP contribution in [0.1, 0.15) is 72.1 Å². The third-order valence-corrected chi connectivity index (χ3v) is 9.51. The highest BCUT2D eigenvalue weighted by atomic mass is 16.3. The molecule has 0 saturated heterocycles. The summed E-state index contributed by atoms with van der Waals surface area (Å²) in [5.41, 5.74) is 0.537. The number of aliphatic hydroxyl groups is 1. The van der Waals surface area contributed by atoms with E-state index >= 15 is 0 Å². The van der Waals surface area contributed by atoms with E-state index in [1.807, 2.05) is 0 Å². The van der Waals surface area contributed by atoms with E-state index in [0.29, 0.717) is 34.9 Å². The maximum Gasteiger partial charge on any atom is 0.136 e. The number of ketones is 1. The molecule has 0 heterocycles. The minimum atomic E-state index is -0.253. The summed E-state index contributed by atoms with van der Waals surface area (Å²) in [6.45, 7) is 11.3. The summed E-state index contributed by atoms with van der Waals surface area (Å²) < 4.78 is 0. The summed E-state index contributed by atoms with van der Waals surface area (Å²) in [5.74, 6) is 3.90. The molecule has 0 aromatic heterocycles. The zero-order valence-corrected chi connectivity index (χ0v) is 16.3. The van der Waals surface area contributed by atoms with Crippen LogP contribution in [-0.2, 0) is 4.79 Å². The molecule has 140 valence electrons. The Morgan fingerprint density at radius 3 is 2.52 bits per heavy atom. The third-order valence-electron chi connectivity index (χ3n) is 9.51. The summed E-state index contributed by atoms with van der Waals surface area (Å²) in [5, 5.41) is 10.1. The molecule has 0 aromatic carbocycles. The number of fused-ring (bicyclic) bond motifs is 5. The first-order valence-corrected chi connectivity index (χ1v) is 10.6. The molecule has 9 atom stereocenters. The molecule has 0 aliphatic heterocycles. The molecule has 4 rings (SSSR count). The van der Waals surface area contributed by atoms with Crippen LogP contribution in [0.2, 0.25) is 0 Å². The molecule has 25 heavy (non-hydrogen) atoms. The molecule has 1 N–H and O–H groups in total. The van der Waals surface area contributed by atoms with Crippen molar-refractivity contribution in [2.24, 2.45) is 46.3 Å². The molecule has 0 spiro atoms.